The van der Waals surface area contributed by atoms with Crippen LogP contribution in [-0.2, 0) is 16.1 Å². The zero-order valence-corrected chi connectivity index (χ0v) is 19.1. The molecule has 1 aliphatic heterocycles. The van der Waals surface area contributed by atoms with Crippen LogP contribution in [0.2, 0.25) is 5.02 Å². The Hall–Kier alpha value is -1.56. The van der Waals surface area contributed by atoms with E-state index in [1.807, 2.05) is 40.7 Å². The van der Waals surface area contributed by atoms with Crippen molar-refractivity contribution >= 4 is 39.7 Å². The summed E-state index contributed by atoms with van der Waals surface area (Å²) in [7, 11) is 0. The maximum atomic E-state index is 12.6. The Morgan fingerprint density at radius 2 is 2.00 bits per heavy atom. The first-order valence-corrected chi connectivity index (χ1v) is 11.2. The van der Waals surface area contributed by atoms with E-state index in [0.29, 0.717) is 29.3 Å². The van der Waals surface area contributed by atoms with E-state index in [1.54, 1.807) is 6.07 Å². The van der Waals surface area contributed by atoms with Crippen LogP contribution in [0.3, 0.4) is 0 Å². The molecule has 1 saturated heterocycles. The molecule has 6 nitrogen and oxygen atoms in total. The van der Waals surface area contributed by atoms with Gasteiger partial charge in [0.1, 0.15) is 16.6 Å². The molecule has 1 fully saturated rings. The summed E-state index contributed by atoms with van der Waals surface area (Å²) < 4.78 is 20.9. The Labute approximate surface area is 180 Å². The van der Waals surface area contributed by atoms with Gasteiger partial charge < -0.3 is 14.2 Å². The SMILES string of the molecule is Cc1c(N2CCOCC2)nc2c([C@@H](C)N[S+]([O-])C(C)(C)C)cc(Cl)cc2c1C#N. The average Bonchev–Trinajstić information content (AvgIpc) is 2.67. The summed E-state index contributed by atoms with van der Waals surface area (Å²) in [5.74, 6) is 0.796. The monoisotopic (exact) mass is 434 g/mol. The number of ether oxygens (including phenoxy) is 1. The van der Waals surface area contributed by atoms with Gasteiger partial charge in [0.2, 0.25) is 0 Å². The highest BCUT2D eigenvalue weighted by molar-refractivity contribution is 7.90. The first-order valence-electron chi connectivity index (χ1n) is 9.68. The van der Waals surface area contributed by atoms with Crippen molar-refractivity contribution in [2.45, 2.75) is 45.4 Å². The molecule has 8 heteroatoms. The number of nitrogens with zero attached hydrogens (tertiary/aromatic N) is 3. The minimum absolute atomic E-state index is 0.254. The molecule has 29 heavy (non-hydrogen) atoms. The van der Waals surface area contributed by atoms with Crippen LogP contribution in [0, 0.1) is 18.3 Å². The molecule has 2 heterocycles. The second-order valence-corrected chi connectivity index (χ2v) is 10.7. The van der Waals surface area contributed by atoms with Crippen LogP contribution in [-0.4, -0.2) is 40.6 Å². The summed E-state index contributed by atoms with van der Waals surface area (Å²) in [6.07, 6.45) is 0. The molecule has 0 spiro atoms. The average molecular weight is 435 g/mol. The van der Waals surface area contributed by atoms with Gasteiger partial charge in [-0.3, -0.25) is 0 Å². The van der Waals surface area contributed by atoms with E-state index >= 15 is 0 Å². The number of morpholine rings is 1. The summed E-state index contributed by atoms with van der Waals surface area (Å²) in [6, 6.07) is 5.71. The molecule has 0 saturated carbocycles. The molecular formula is C21H27ClN4O2S. The number of pyridine rings is 1. The van der Waals surface area contributed by atoms with E-state index in [4.69, 9.17) is 21.3 Å². The number of nitriles is 1. The van der Waals surface area contributed by atoms with Crippen molar-refractivity contribution in [3.8, 4) is 6.07 Å². The van der Waals surface area contributed by atoms with Gasteiger partial charge in [0.05, 0.1) is 30.3 Å². The number of benzene rings is 1. The van der Waals surface area contributed by atoms with Crippen LogP contribution in [0.15, 0.2) is 12.1 Å². The molecule has 1 unspecified atom stereocenters. The quantitative estimate of drug-likeness (QED) is 0.731. The molecule has 1 N–H and O–H groups in total. The van der Waals surface area contributed by atoms with Crippen LogP contribution >= 0.6 is 11.6 Å². The van der Waals surface area contributed by atoms with Gasteiger partial charge in [-0.1, -0.05) is 11.6 Å². The molecule has 0 bridgehead atoms. The highest BCUT2D eigenvalue weighted by atomic mass is 35.5. The Kier molecular flexibility index (Phi) is 6.61. The Bertz CT molecular complexity index is 949. The number of halogens is 1. The van der Waals surface area contributed by atoms with Crippen molar-refractivity contribution in [2.75, 3.05) is 31.2 Å². The largest absolute Gasteiger partial charge is 0.598 e. The van der Waals surface area contributed by atoms with E-state index < -0.39 is 16.1 Å². The number of hydrogen-bond donors (Lipinski definition) is 1. The number of rotatable bonds is 4. The molecular weight excluding hydrogens is 408 g/mol. The van der Waals surface area contributed by atoms with Gasteiger partial charge in [-0.25, -0.2) is 4.98 Å². The summed E-state index contributed by atoms with van der Waals surface area (Å²) in [5.41, 5.74) is 2.96. The van der Waals surface area contributed by atoms with Gasteiger partial charge in [0, 0.05) is 46.0 Å². The molecule has 0 radical (unpaired) electrons. The predicted molar refractivity (Wildman–Crippen MR) is 119 cm³/mol. The van der Waals surface area contributed by atoms with E-state index in [-0.39, 0.29) is 6.04 Å². The van der Waals surface area contributed by atoms with Crippen LogP contribution in [0.5, 0.6) is 0 Å². The number of anilines is 1. The topological polar surface area (TPSA) is 84.2 Å². The smallest absolute Gasteiger partial charge is 0.136 e. The molecule has 0 aliphatic carbocycles. The predicted octanol–water partition coefficient (Wildman–Crippen LogP) is 4.02. The Morgan fingerprint density at radius 3 is 2.59 bits per heavy atom. The number of aromatic nitrogens is 1. The van der Waals surface area contributed by atoms with Crippen molar-refractivity contribution in [1.82, 2.24) is 9.71 Å². The van der Waals surface area contributed by atoms with Gasteiger partial charge in [0.15, 0.2) is 0 Å². The van der Waals surface area contributed by atoms with Crippen molar-refractivity contribution in [3.63, 3.8) is 0 Å². The van der Waals surface area contributed by atoms with E-state index in [0.717, 1.165) is 35.4 Å². The first kappa shape index (κ1) is 22.1. The number of fused-ring (bicyclic) bond motifs is 1. The van der Waals surface area contributed by atoms with E-state index in [2.05, 4.69) is 15.7 Å². The third-order valence-corrected chi connectivity index (χ3v) is 6.93. The fourth-order valence-electron chi connectivity index (χ4n) is 3.40. The van der Waals surface area contributed by atoms with Crippen LogP contribution in [0.1, 0.15) is 50.4 Å². The summed E-state index contributed by atoms with van der Waals surface area (Å²) in [6.45, 7) is 12.4. The second kappa shape index (κ2) is 8.66. The van der Waals surface area contributed by atoms with Gasteiger partial charge in [0.25, 0.3) is 0 Å². The van der Waals surface area contributed by atoms with Gasteiger partial charge >= 0.3 is 0 Å². The highest BCUT2D eigenvalue weighted by Crippen LogP contribution is 2.35. The van der Waals surface area contributed by atoms with Crippen LogP contribution < -0.4 is 9.62 Å². The zero-order valence-electron chi connectivity index (χ0n) is 17.5. The lowest BCUT2D eigenvalue weighted by molar-refractivity contribution is 0.122. The zero-order chi connectivity index (χ0) is 21.3. The minimum atomic E-state index is -1.25. The standard InChI is InChI=1S/C21H27ClN4O2S/c1-13-18(12-23)17-11-15(22)10-16(14(2)25-29(27)21(3,4)5)19(17)24-20(13)26-6-8-28-9-7-26/h10-11,14,25H,6-9H2,1-5H3/t14-,29?/m1/s1. The summed E-state index contributed by atoms with van der Waals surface area (Å²) in [5, 5.41) is 11.1. The molecule has 156 valence electrons. The highest BCUT2D eigenvalue weighted by Gasteiger charge is 2.30. The summed E-state index contributed by atoms with van der Waals surface area (Å²) in [4.78, 5) is 7.12. The maximum absolute atomic E-state index is 12.6. The molecule has 2 aromatic rings. The fraction of sp³-hybridized carbons (Fsp3) is 0.524. The van der Waals surface area contributed by atoms with E-state index in [1.165, 1.54) is 0 Å². The fourth-order valence-corrected chi connectivity index (χ4v) is 4.43. The lowest BCUT2D eigenvalue weighted by atomic mass is 9.98. The van der Waals surface area contributed by atoms with Crippen LogP contribution in [0.25, 0.3) is 10.9 Å². The number of hydrogen-bond acceptors (Lipinski definition) is 6. The molecule has 1 aromatic heterocycles. The van der Waals surface area contributed by atoms with Crippen molar-refractivity contribution < 1.29 is 9.29 Å². The maximum Gasteiger partial charge on any atom is 0.136 e. The van der Waals surface area contributed by atoms with E-state index in [9.17, 15) is 9.81 Å². The van der Waals surface area contributed by atoms with Crippen molar-refractivity contribution in [1.29, 1.82) is 5.26 Å². The van der Waals surface area contributed by atoms with Crippen molar-refractivity contribution in [3.05, 3.63) is 33.8 Å². The second-order valence-electron chi connectivity index (χ2n) is 8.26. The lowest BCUT2D eigenvalue weighted by Gasteiger charge is -2.30. The molecule has 2 atom stereocenters. The summed E-state index contributed by atoms with van der Waals surface area (Å²) >= 11 is 5.14. The lowest BCUT2D eigenvalue weighted by Crippen LogP contribution is -2.40. The van der Waals surface area contributed by atoms with Crippen molar-refractivity contribution in [2.24, 2.45) is 0 Å². The first-order chi connectivity index (χ1) is 13.6. The molecule has 1 aliphatic rings. The Balaban J connectivity index is 2.16. The molecule has 1 aromatic carbocycles. The number of nitrogens with one attached hydrogen (secondary N) is 1. The minimum Gasteiger partial charge on any atom is -0.598 e. The van der Waals surface area contributed by atoms with Gasteiger partial charge in [-0.05, 0) is 46.8 Å². The third kappa shape index (κ3) is 4.62. The van der Waals surface area contributed by atoms with Gasteiger partial charge in [-0.2, -0.15) is 5.26 Å². The third-order valence-electron chi connectivity index (χ3n) is 5.03. The normalized spacial score (nSPS) is 17.2. The van der Waals surface area contributed by atoms with Gasteiger partial charge in [-0.15, -0.1) is 4.72 Å². The Morgan fingerprint density at radius 1 is 1.34 bits per heavy atom. The molecule has 0 amide bonds. The van der Waals surface area contributed by atoms with Crippen LogP contribution in [0.4, 0.5) is 5.82 Å². The molecule has 3 rings (SSSR count).